The molecule has 0 amide bonds. The van der Waals surface area contributed by atoms with Crippen molar-refractivity contribution < 1.29 is 13.2 Å². The smallest absolute Gasteiger partial charge is 0.216 e. The van der Waals surface area contributed by atoms with Gasteiger partial charge >= 0.3 is 0 Å². The molecule has 0 saturated carbocycles. The first-order valence-electron chi connectivity index (χ1n) is 6.39. The van der Waals surface area contributed by atoms with Gasteiger partial charge in [-0.05, 0) is 12.5 Å². The summed E-state index contributed by atoms with van der Waals surface area (Å²) >= 11 is 0. The Kier molecular flexibility index (Phi) is 9.79. The van der Waals surface area contributed by atoms with E-state index in [0.717, 1.165) is 5.56 Å². The van der Waals surface area contributed by atoms with Gasteiger partial charge in [0.15, 0.2) is 0 Å². The van der Waals surface area contributed by atoms with Gasteiger partial charge in [0.2, 0.25) is 10.0 Å². The van der Waals surface area contributed by atoms with E-state index in [4.69, 9.17) is 10.5 Å². The van der Waals surface area contributed by atoms with Crippen LogP contribution in [0.25, 0.3) is 0 Å². The van der Waals surface area contributed by atoms with E-state index < -0.39 is 10.0 Å². The van der Waals surface area contributed by atoms with Crippen molar-refractivity contribution in [1.82, 2.24) is 4.31 Å². The minimum atomic E-state index is -3.33. The molecule has 5 nitrogen and oxygen atoms in total. The summed E-state index contributed by atoms with van der Waals surface area (Å²) in [6.45, 7) is 3.56. The molecule has 0 spiro atoms. The zero-order valence-corrected chi connectivity index (χ0v) is 13.3. The monoisotopic (exact) mass is 322 g/mol. The maximum Gasteiger partial charge on any atom is 0.216 e. The lowest BCUT2D eigenvalue weighted by Gasteiger charge is -2.21. The Morgan fingerprint density at radius 1 is 1.25 bits per heavy atom. The van der Waals surface area contributed by atoms with E-state index in [9.17, 15) is 8.42 Å². The molecule has 0 heterocycles. The lowest BCUT2D eigenvalue weighted by Crippen LogP contribution is -2.37. The molecule has 0 aliphatic rings. The second-order valence-corrected chi connectivity index (χ2v) is 6.21. The number of benzene rings is 1. The third-order valence-electron chi connectivity index (χ3n) is 2.66. The molecule has 1 aromatic carbocycles. The second-order valence-electron chi connectivity index (χ2n) is 4.12. The third-order valence-corrected chi connectivity index (χ3v) is 4.44. The first kappa shape index (κ1) is 19.3. The molecule has 2 N–H and O–H groups in total. The number of sulfonamides is 1. The number of rotatable bonds is 9. The molecule has 0 unspecified atom stereocenters. The fourth-order valence-corrected chi connectivity index (χ4v) is 3.00. The Hall–Kier alpha value is -0.660. The summed E-state index contributed by atoms with van der Waals surface area (Å²) < 4.78 is 30.9. The number of halogens is 1. The molecule has 7 heteroatoms. The Balaban J connectivity index is 0.00000361. The average Bonchev–Trinajstić information content (AvgIpc) is 2.39. The molecule has 116 valence electrons. The van der Waals surface area contributed by atoms with Crippen LogP contribution in [0.5, 0.6) is 0 Å². The Morgan fingerprint density at radius 2 is 1.90 bits per heavy atom. The standard InChI is InChI=1S/C13H22N2O3S.ClH/c1-2-18-10-11-19(16,17)15(9-8-14)12-13-6-4-3-5-7-13;/h3-7H,2,8-12,14H2,1H3;1H. The van der Waals surface area contributed by atoms with Gasteiger partial charge in [0.05, 0.1) is 12.4 Å². The van der Waals surface area contributed by atoms with E-state index in [2.05, 4.69) is 0 Å². The molecule has 0 aromatic heterocycles. The van der Waals surface area contributed by atoms with Crippen LogP contribution in [0, 0.1) is 0 Å². The molecule has 0 radical (unpaired) electrons. The Labute approximate surface area is 127 Å². The van der Waals surface area contributed by atoms with Crippen LogP contribution in [-0.4, -0.2) is 44.8 Å². The molecule has 20 heavy (non-hydrogen) atoms. The highest BCUT2D eigenvalue weighted by Gasteiger charge is 2.21. The van der Waals surface area contributed by atoms with Crippen LogP contribution in [0.4, 0.5) is 0 Å². The van der Waals surface area contributed by atoms with Crippen LogP contribution in [0.2, 0.25) is 0 Å². The fourth-order valence-electron chi connectivity index (χ4n) is 1.69. The van der Waals surface area contributed by atoms with Gasteiger partial charge in [0.25, 0.3) is 0 Å². The summed E-state index contributed by atoms with van der Waals surface area (Å²) in [6, 6.07) is 9.50. The maximum absolute atomic E-state index is 12.2. The predicted octanol–water partition coefficient (Wildman–Crippen LogP) is 1.24. The first-order valence-corrected chi connectivity index (χ1v) is 8.00. The van der Waals surface area contributed by atoms with Crippen LogP contribution < -0.4 is 5.73 Å². The van der Waals surface area contributed by atoms with E-state index in [1.807, 2.05) is 37.3 Å². The quantitative estimate of drug-likeness (QED) is 0.694. The van der Waals surface area contributed by atoms with Crippen molar-refractivity contribution >= 4 is 22.4 Å². The lowest BCUT2D eigenvalue weighted by atomic mass is 10.2. The van der Waals surface area contributed by atoms with E-state index in [1.54, 1.807) is 0 Å². The number of hydrogen-bond acceptors (Lipinski definition) is 4. The molecule has 0 saturated heterocycles. The molecule has 0 bridgehead atoms. The fraction of sp³-hybridized carbons (Fsp3) is 0.538. The number of ether oxygens (including phenoxy) is 1. The molecule has 1 rings (SSSR count). The minimum absolute atomic E-state index is 0. The summed E-state index contributed by atoms with van der Waals surface area (Å²) in [5, 5.41) is 0. The highest BCUT2D eigenvalue weighted by atomic mass is 35.5. The predicted molar refractivity (Wildman–Crippen MR) is 83.4 cm³/mol. The van der Waals surface area contributed by atoms with Gasteiger partial charge in [-0.3, -0.25) is 0 Å². The van der Waals surface area contributed by atoms with Gasteiger partial charge in [0.1, 0.15) is 0 Å². The van der Waals surface area contributed by atoms with Gasteiger partial charge in [-0.2, -0.15) is 4.31 Å². The van der Waals surface area contributed by atoms with Crippen LogP contribution in [-0.2, 0) is 21.3 Å². The summed E-state index contributed by atoms with van der Waals surface area (Å²) in [7, 11) is -3.33. The summed E-state index contributed by atoms with van der Waals surface area (Å²) in [4.78, 5) is 0. The summed E-state index contributed by atoms with van der Waals surface area (Å²) in [5.74, 6) is -0.00628. The number of hydrogen-bond donors (Lipinski definition) is 1. The third kappa shape index (κ3) is 6.67. The zero-order chi connectivity index (χ0) is 14.1. The molecular formula is C13H23ClN2O3S. The van der Waals surface area contributed by atoms with Gasteiger partial charge < -0.3 is 10.5 Å². The highest BCUT2D eigenvalue weighted by molar-refractivity contribution is 7.89. The SMILES string of the molecule is CCOCCS(=O)(=O)N(CCN)Cc1ccccc1.Cl. The molecule has 1 aromatic rings. The van der Waals surface area contributed by atoms with Crippen molar-refractivity contribution in [3.8, 4) is 0 Å². The molecule has 0 atom stereocenters. The topological polar surface area (TPSA) is 72.6 Å². The van der Waals surface area contributed by atoms with Gasteiger partial charge in [-0.15, -0.1) is 12.4 Å². The number of nitrogens with zero attached hydrogens (tertiary/aromatic N) is 1. The van der Waals surface area contributed by atoms with Crippen LogP contribution in [0.15, 0.2) is 30.3 Å². The van der Waals surface area contributed by atoms with E-state index in [-0.39, 0.29) is 24.8 Å². The first-order chi connectivity index (χ1) is 9.10. The van der Waals surface area contributed by atoms with E-state index >= 15 is 0 Å². The lowest BCUT2D eigenvalue weighted by molar-refractivity contribution is 0.162. The van der Waals surface area contributed by atoms with E-state index in [1.165, 1.54) is 4.31 Å². The van der Waals surface area contributed by atoms with Crippen molar-refractivity contribution in [2.45, 2.75) is 13.5 Å². The Bertz CT molecular complexity index is 454. The highest BCUT2D eigenvalue weighted by Crippen LogP contribution is 2.09. The van der Waals surface area contributed by atoms with Crippen molar-refractivity contribution in [3.63, 3.8) is 0 Å². The normalized spacial score (nSPS) is 11.3. The van der Waals surface area contributed by atoms with Gasteiger partial charge in [0, 0.05) is 26.2 Å². The van der Waals surface area contributed by atoms with Crippen molar-refractivity contribution in [2.24, 2.45) is 5.73 Å². The van der Waals surface area contributed by atoms with Gasteiger partial charge in [-0.1, -0.05) is 30.3 Å². The Morgan fingerprint density at radius 3 is 2.45 bits per heavy atom. The largest absolute Gasteiger partial charge is 0.381 e. The van der Waals surface area contributed by atoms with Crippen molar-refractivity contribution in [2.75, 3.05) is 32.1 Å². The second kappa shape index (κ2) is 10.1. The van der Waals surface area contributed by atoms with Crippen molar-refractivity contribution in [3.05, 3.63) is 35.9 Å². The summed E-state index contributed by atoms with van der Waals surface area (Å²) in [5.41, 5.74) is 6.45. The average molecular weight is 323 g/mol. The van der Waals surface area contributed by atoms with Crippen LogP contribution in [0.3, 0.4) is 0 Å². The molecule has 0 fully saturated rings. The van der Waals surface area contributed by atoms with Crippen molar-refractivity contribution in [1.29, 1.82) is 0 Å². The maximum atomic E-state index is 12.2. The zero-order valence-electron chi connectivity index (χ0n) is 11.7. The van der Waals surface area contributed by atoms with Gasteiger partial charge in [-0.25, -0.2) is 8.42 Å². The minimum Gasteiger partial charge on any atom is -0.381 e. The molecular weight excluding hydrogens is 300 g/mol. The van der Waals surface area contributed by atoms with Crippen LogP contribution in [0.1, 0.15) is 12.5 Å². The molecule has 0 aliphatic carbocycles. The van der Waals surface area contributed by atoms with E-state index in [0.29, 0.717) is 26.2 Å². The van der Waals surface area contributed by atoms with Crippen LogP contribution >= 0.6 is 12.4 Å². The molecule has 0 aliphatic heterocycles. The summed E-state index contributed by atoms with van der Waals surface area (Å²) in [6.07, 6.45) is 0. The number of nitrogens with two attached hydrogens (primary N) is 1.